The lowest BCUT2D eigenvalue weighted by Gasteiger charge is -2.14. The molecule has 36 heavy (non-hydrogen) atoms. The summed E-state index contributed by atoms with van der Waals surface area (Å²) in [4.78, 5) is 29.6. The number of rotatable bonds is 2. The number of aromatic nitrogens is 1. The zero-order valence-electron chi connectivity index (χ0n) is 18.4. The van der Waals surface area contributed by atoms with Crippen molar-refractivity contribution in [2.45, 2.75) is 6.92 Å². The summed E-state index contributed by atoms with van der Waals surface area (Å²) in [5.74, 6) is -7.53. The molecule has 6 aromatic rings. The van der Waals surface area contributed by atoms with Gasteiger partial charge in [-0.05, 0) is 19.1 Å². The summed E-state index contributed by atoms with van der Waals surface area (Å²) in [7, 11) is 0. The first-order valence-corrected chi connectivity index (χ1v) is 10.8. The first kappa shape index (κ1) is 21.8. The third-order valence-corrected chi connectivity index (χ3v) is 6.18. The zero-order chi connectivity index (χ0) is 25.3. The summed E-state index contributed by atoms with van der Waals surface area (Å²) >= 11 is 0. The second-order valence-electron chi connectivity index (χ2n) is 8.43. The molecule has 0 aliphatic heterocycles. The van der Waals surface area contributed by atoms with Crippen molar-refractivity contribution < 1.29 is 22.0 Å². The van der Waals surface area contributed by atoms with E-state index in [1.165, 1.54) is 18.2 Å². The predicted octanol–water partition coefficient (Wildman–Crippen LogP) is 6.55. The first-order chi connectivity index (χ1) is 17.3. The van der Waals surface area contributed by atoms with Crippen LogP contribution in [0.5, 0.6) is 0 Å². The lowest BCUT2D eigenvalue weighted by molar-refractivity contribution is 0.409. The highest BCUT2D eigenvalue weighted by Crippen LogP contribution is 2.34. The zero-order valence-corrected chi connectivity index (χ0v) is 18.4. The molecule has 0 unspecified atom stereocenters. The number of nitrogens with one attached hydrogen (secondary N) is 2. The van der Waals surface area contributed by atoms with Crippen molar-refractivity contribution in [1.29, 1.82) is 0 Å². The van der Waals surface area contributed by atoms with Crippen LogP contribution in [-0.4, -0.2) is 4.98 Å². The molecular weight excluding hydrogens is 476 g/mol. The number of hydrogen-bond acceptors (Lipinski definition) is 4. The Kier molecular flexibility index (Phi) is 4.66. The Morgan fingerprint density at radius 2 is 1.36 bits per heavy atom. The van der Waals surface area contributed by atoms with Crippen LogP contribution in [0.4, 0.5) is 28.9 Å². The maximum Gasteiger partial charge on any atom is 0.206 e. The van der Waals surface area contributed by atoms with E-state index in [1.807, 2.05) is 19.1 Å². The molecule has 0 aliphatic rings. The highest BCUT2D eigenvalue weighted by molar-refractivity contribution is 6.15. The third kappa shape index (κ3) is 3.02. The summed E-state index contributed by atoms with van der Waals surface area (Å²) in [6, 6.07) is 14.7. The predicted molar refractivity (Wildman–Crippen MR) is 130 cm³/mol. The van der Waals surface area contributed by atoms with Gasteiger partial charge in [0.15, 0.2) is 33.7 Å². The van der Waals surface area contributed by atoms with Crippen molar-refractivity contribution in [3.63, 3.8) is 0 Å². The quantitative estimate of drug-likeness (QED) is 0.0949. The van der Waals surface area contributed by atoms with Gasteiger partial charge in [0.05, 0.1) is 22.0 Å². The van der Waals surface area contributed by atoms with Gasteiger partial charge in [0.25, 0.3) is 0 Å². The third-order valence-electron chi connectivity index (χ3n) is 6.18. The van der Waals surface area contributed by atoms with Crippen LogP contribution in [0, 0.1) is 30.2 Å². The molecule has 0 amide bonds. The van der Waals surface area contributed by atoms with Gasteiger partial charge >= 0.3 is 0 Å². The van der Waals surface area contributed by atoms with Crippen LogP contribution in [0.2, 0.25) is 0 Å². The molecule has 1 aromatic heterocycles. The van der Waals surface area contributed by atoms with E-state index in [2.05, 4.69) is 10.3 Å². The van der Waals surface area contributed by atoms with Gasteiger partial charge in [-0.3, -0.25) is 9.59 Å². The SMILES string of the molecule is Cc1ccc(Nc2cc3oc4c(F)c(F)c(F)c(F)c4[nH]c3c3c(=O)c4ccccc4c(=O)c23)cc1. The normalized spacial score (nSPS) is 11.7. The Labute approximate surface area is 198 Å². The molecule has 0 spiro atoms. The number of halogens is 4. The Morgan fingerprint density at radius 1 is 0.750 bits per heavy atom. The number of benzene rings is 5. The van der Waals surface area contributed by atoms with Crippen molar-refractivity contribution in [3.8, 4) is 0 Å². The topological polar surface area (TPSA) is 75.1 Å². The molecule has 0 bridgehead atoms. The van der Waals surface area contributed by atoms with Crippen LogP contribution in [0.3, 0.4) is 0 Å². The summed E-state index contributed by atoms with van der Waals surface area (Å²) in [6.07, 6.45) is 0. The number of H-pyrrole nitrogens is 1. The van der Waals surface area contributed by atoms with Crippen LogP contribution in [0.25, 0.3) is 43.7 Å². The summed E-state index contributed by atoms with van der Waals surface area (Å²) < 4.78 is 62.4. The largest absolute Gasteiger partial charge is 0.450 e. The van der Waals surface area contributed by atoms with E-state index in [4.69, 9.17) is 4.42 Å². The first-order valence-electron chi connectivity index (χ1n) is 10.8. The van der Waals surface area contributed by atoms with Gasteiger partial charge in [0.2, 0.25) is 11.6 Å². The van der Waals surface area contributed by atoms with E-state index < -0.39 is 45.2 Å². The molecule has 0 radical (unpaired) electrons. The number of aromatic amines is 1. The summed E-state index contributed by atoms with van der Waals surface area (Å²) in [6.45, 7) is 1.90. The molecule has 5 aromatic carbocycles. The van der Waals surface area contributed by atoms with Crippen LogP contribution in [0.15, 0.2) is 68.6 Å². The fraction of sp³-hybridized carbons (Fsp3) is 0.0370. The summed E-state index contributed by atoms with van der Waals surface area (Å²) in [5.41, 5.74) is -1.40. The lowest BCUT2D eigenvalue weighted by atomic mass is 9.99. The molecule has 5 nitrogen and oxygen atoms in total. The second kappa shape index (κ2) is 7.67. The lowest BCUT2D eigenvalue weighted by Crippen LogP contribution is -2.15. The minimum atomic E-state index is -2.04. The van der Waals surface area contributed by atoms with E-state index in [0.29, 0.717) is 5.69 Å². The molecule has 178 valence electrons. The molecule has 0 aliphatic carbocycles. The van der Waals surface area contributed by atoms with Crippen LogP contribution in [-0.2, 0) is 0 Å². The fourth-order valence-electron chi connectivity index (χ4n) is 4.42. The standard InChI is InChI=1S/C27H14F4N2O3/c1-11-6-8-12(9-7-11)32-15-10-16-23(33-24-21(30)19(28)20(29)22(31)27(24)36-16)18-17(15)25(34)13-4-2-3-5-14(13)26(18)35/h2-10,32-33H,1H3. The molecule has 9 heteroatoms. The maximum atomic E-state index is 14.6. The van der Waals surface area contributed by atoms with Crippen LogP contribution < -0.4 is 16.2 Å². The van der Waals surface area contributed by atoms with Crippen molar-refractivity contribution in [2.24, 2.45) is 0 Å². The van der Waals surface area contributed by atoms with Crippen LogP contribution in [0.1, 0.15) is 5.56 Å². The number of fused-ring (bicyclic) bond motifs is 5. The van der Waals surface area contributed by atoms with Gasteiger partial charge in [0, 0.05) is 22.5 Å². The van der Waals surface area contributed by atoms with Gasteiger partial charge in [-0.2, -0.15) is 4.39 Å². The smallest absolute Gasteiger partial charge is 0.206 e. The van der Waals surface area contributed by atoms with Crippen molar-refractivity contribution in [2.75, 3.05) is 5.32 Å². The summed E-state index contributed by atoms with van der Waals surface area (Å²) in [5, 5.41) is 3.16. The Morgan fingerprint density at radius 3 is 2.03 bits per heavy atom. The minimum Gasteiger partial charge on any atom is -0.450 e. The molecule has 0 saturated carbocycles. The maximum absolute atomic E-state index is 14.6. The molecule has 1 heterocycles. The Bertz CT molecular complexity index is 2010. The van der Waals surface area contributed by atoms with Gasteiger partial charge in [0.1, 0.15) is 5.52 Å². The highest BCUT2D eigenvalue weighted by Gasteiger charge is 2.25. The van der Waals surface area contributed by atoms with E-state index in [9.17, 15) is 27.2 Å². The van der Waals surface area contributed by atoms with E-state index >= 15 is 0 Å². The molecule has 6 rings (SSSR count). The minimum absolute atomic E-state index is 0.0268. The van der Waals surface area contributed by atoms with Crippen molar-refractivity contribution >= 4 is 55.1 Å². The van der Waals surface area contributed by atoms with Gasteiger partial charge in [-0.25, -0.2) is 13.2 Å². The fourth-order valence-corrected chi connectivity index (χ4v) is 4.42. The number of anilines is 2. The molecular formula is C27H14F4N2O3. The van der Waals surface area contributed by atoms with E-state index in [1.54, 1.807) is 24.3 Å². The number of aryl methyl sites for hydroxylation is 1. The monoisotopic (exact) mass is 490 g/mol. The Hall–Kier alpha value is -4.66. The second-order valence-corrected chi connectivity index (χ2v) is 8.43. The van der Waals surface area contributed by atoms with Crippen molar-refractivity contribution in [3.05, 3.63) is 104 Å². The van der Waals surface area contributed by atoms with Crippen molar-refractivity contribution in [1.82, 2.24) is 4.98 Å². The van der Waals surface area contributed by atoms with Gasteiger partial charge < -0.3 is 14.7 Å². The van der Waals surface area contributed by atoms with Gasteiger partial charge in [-0.15, -0.1) is 0 Å². The van der Waals surface area contributed by atoms with E-state index in [-0.39, 0.29) is 38.3 Å². The van der Waals surface area contributed by atoms with Gasteiger partial charge in [-0.1, -0.05) is 42.0 Å². The molecule has 0 fully saturated rings. The highest BCUT2D eigenvalue weighted by atomic mass is 19.2. The molecule has 2 N–H and O–H groups in total. The number of hydrogen-bond donors (Lipinski definition) is 2. The average molecular weight is 490 g/mol. The van der Waals surface area contributed by atoms with Crippen LogP contribution >= 0.6 is 0 Å². The molecule has 0 saturated heterocycles. The average Bonchev–Trinajstić information content (AvgIpc) is 2.89. The molecule has 0 atom stereocenters. The van der Waals surface area contributed by atoms with E-state index in [0.717, 1.165) is 5.56 Å². The Balaban J connectivity index is 1.83.